The van der Waals surface area contributed by atoms with Crippen LogP contribution in [0.2, 0.25) is 0 Å². The van der Waals surface area contributed by atoms with E-state index in [9.17, 15) is 4.79 Å². The number of para-hydroxylation sites is 1. The molecule has 7 heteroatoms. The second-order valence-corrected chi connectivity index (χ2v) is 8.44. The van der Waals surface area contributed by atoms with Crippen LogP contribution in [0.1, 0.15) is 40.8 Å². The Kier molecular flexibility index (Phi) is 4.68. The van der Waals surface area contributed by atoms with Crippen LogP contribution in [0, 0.1) is 6.92 Å². The number of piperidine rings is 1. The fourth-order valence-corrected chi connectivity index (χ4v) is 4.64. The first-order chi connectivity index (χ1) is 16.2. The highest BCUT2D eigenvalue weighted by Crippen LogP contribution is 2.32. The molecule has 164 valence electrons. The number of amides is 1. The minimum absolute atomic E-state index is 0.0617. The molecule has 0 spiro atoms. The summed E-state index contributed by atoms with van der Waals surface area (Å²) in [4.78, 5) is 19.4. The summed E-state index contributed by atoms with van der Waals surface area (Å²) in [5.74, 6) is 1.51. The molecule has 7 nitrogen and oxygen atoms in total. The molecule has 1 aliphatic rings. The number of hydrogen-bond acceptors (Lipinski definition) is 6. The molecule has 0 bridgehead atoms. The third-order valence-corrected chi connectivity index (χ3v) is 6.49. The normalized spacial score (nSPS) is 14.9. The van der Waals surface area contributed by atoms with Gasteiger partial charge >= 0.3 is 0 Å². The number of hydrogen-bond donors (Lipinski definition) is 0. The molecule has 33 heavy (non-hydrogen) atoms. The number of benzene rings is 2. The number of nitrogens with zero attached hydrogens (tertiary/aromatic N) is 4. The summed E-state index contributed by atoms with van der Waals surface area (Å²) in [7, 11) is 0. The zero-order valence-electron chi connectivity index (χ0n) is 18.2. The van der Waals surface area contributed by atoms with Crippen LogP contribution in [0.5, 0.6) is 0 Å². The van der Waals surface area contributed by atoms with Gasteiger partial charge in [-0.1, -0.05) is 42.5 Å². The van der Waals surface area contributed by atoms with Gasteiger partial charge in [0.05, 0.1) is 0 Å². The zero-order chi connectivity index (χ0) is 22.4. The second kappa shape index (κ2) is 7.85. The fourth-order valence-electron chi connectivity index (χ4n) is 4.64. The predicted octanol–water partition coefficient (Wildman–Crippen LogP) is 5.36. The SMILES string of the molecule is Cc1c(C(=O)N2CCC(c3nnc(-c4nccc5ccccc45)o3)CC2)oc2ccccc12. The van der Waals surface area contributed by atoms with Crippen molar-refractivity contribution < 1.29 is 13.6 Å². The molecule has 0 unspecified atom stereocenters. The van der Waals surface area contributed by atoms with Gasteiger partial charge < -0.3 is 13.7 Å². The molecule has 1 fully saturated rings. The van der Waals surface area contributed by atoms with Crippen molar-refractivity contribution in [2.75, 3.05) is 13.1 Å². The largest absolute Gasteiger partial charge is 0.451 e. The van der Waals surface area contributed by atoms with Crippen LogP contribution >= 0.6 is 0 Å². The summed E-state index contributed by atoms with van der Waals surface area (Å²) in [6, 6.07) is 17.7. The topological polar surface area (TPSA) is 85.3 Å². The van der Waals surface area contributed by atoms with Crippen molar-refractivity contribution in [2.24, 2.45) is 0 Å². The Morgan fingerprint density at radius 3 is 2.52 bits per heavy atom. The average Bonchev–Trinajstić information content (AvgIpc) is 3.49. The number of carbonyl (C=O) groups excluding carboxylic acids is 1. The van der Waals surface area contributed by atoms with Crippen LogP contribution in [0.25, 0.3) is 33.3 Å². The van der Waals surface area contributed by atoms with Crippen LogP contribution in [0.4, 0.5) is 0 Å². The molecule has 1 amide bonds. The number of aromatic nitrogens is 3. The highest BCUT2D eigenvalue weighted by atomic mass is 16.4. The number of aryl methyl sites for hydroxylation is 1. The molecule has 5 aromatic rings. The zero-order valence-corrected chi connectivity index (χ0v) is 18.2. The molecule has 4 heterocycles. The van der Waals surface area contributed by atoms with Crippen molar-refractivity contribution in [1.29, 1.82) is 0 Å². The first kappa shape index (κ1) is 19.7. The molecular formula is C26H22N4O3. The third-order valence-electron chi connectivity index (χ3n) is 6.49. The highest BCUT2D eigenvalue weighted by Gasteiger charge is 2.30. The summed E-state index contributed by atoms with van der Waals surface area (Å²) in [6.45, 7) is 3.17. The standard InChI is InChI=1S/C26H22N4O3/c1-16-19-7-4-5-9-21(19)32-23(16)26(31)30-14-11-18(12-15-30)24-28-29-25(33-24)22-20-8-3-2-6-17(20)10-13-27-22/h2-10,13,18H,11-12,14-15H2,1H3. The Labute approximate surface area is 190 Å². The van der Waals surface area contributed by atoms with E-state index in [1.165, 1.54) is 0 Å². The van der Waals surface area contributed by atoms with Crippen LogP contribution < -0.4 is 0 Å². The van der Waals surface area contributed by atoms with Crippen LogP contribution in [0.15, 0.2) is 69.6 Å². The Hall–Kier alpha value is -4.00. The van der Waals surface area contributed by atoms with Gasteiger partial charge in [0.25, 0.3) is 11.8 Å². The van der Waals surface area contributed by atoms with Gasteiger partial charge in [0.2, 0.25) is 5.89 Å². The second-order valence-electron chi connectivity index (χ2n) is 8.44. The molecule has 1 aliphatic heterocycles. The molecular weight excluding hydrogens is 416 g/mol. The molecule has 0 radical (unpaired) electrons. The van der Waals surface area contributed by atoms with Crippen molar-refractivity contribution in [3.8, 4) is 11.6 Å². The molecule has 3 aromatic heterocycles. The van der Waals surface area contributed by atoms with E-state index in [-0.39, 0.29) is 11.8 Å². The lowest BCUT2D eigenvalue weighted by Crippen LogP contribution is -2.38. The van der Waals surface area contributed by atoms with Crippen LogP contribution in [-0.4, -0.2) is 39.1 Å². The van der Waals surface area contributed by atoms with Gasteiger partial charge in [0.15, 0.2) is 5.76 Å². The highest BCUT2D eigenvalue weighted by molar-refractivity contribution is 5.99. The number of furan rings is 1. The van der Waals surface area contributed by atoms with Crippen molar-refractivity contribution in [3.63, 3.8) is 0 Å². The van der Waals surface area contributed by atoms with E-state index in [4.69, 9.17) is 8.83 Å². The van der Waals surface area contributed by atoms with E-state index in [2.05, 4.69) is 15.2 Å². The minimum Gasteiger partial charge on any atom is -0.451 e. The summed E-state index contributed by atoms with van der Waals surface area (Å²) in [5, 5.41) is 11.6. The molecule has 0 atom stereocenters. The smallest absolute Gasteiger partial charge is 0.289 e. The molecule has 0 saturated carbocycles. The Balaban J connectivity index is 1.19. The average molecular weight is 438 g/mol. The van der Waals surface area contributed by atoms with Crippen molar-refractivity contribution >= 4 is 27.6 Å². The first-order valence-corrected chi connectivity index (χ1v) is 11.1. The van der Waals surface area contributed by atoms with E-state index in [0.29, 0.717) is 36.3 Å². The quantitative estimate of drug-likeness (QED) is 0.377. The van der Waals surface area contributed by atoms with Gasteiger partial charge in [-0.25, -0.2) is 0 Å². The molecule has 2 aromatic carbocycles. The Morgan fingerprint density at radius 1 is 0.939 bits per heavy atom. The van der Waals surface area contributed by atoms with Gasteiger partial charge in [-0.2, -0.15) is 0 Å². The van der Waals surface area contributed by atoms with Gasteiger partial charge in [0.1, 0.15) is 11.3 Å². The molecule has 1 saturated heterocycles. The molecule has 0 aliphatic carbocycles. The van der Waals surface area contributed by atoms with Gasteiger partial charge in [-0.3, -0.25) is 9.78 Å². The fraction of sp³-hybridized carbons (Fsp3) is 0.231. The number of rotatable bonds is 3. The number of pyridine rings is 1. The molecule has 0 N–H and O–H groups in total. The number of fused-ring (bicyclic) bond motifs is 2. The van der Waals surface area contributed by atoms with E-state index < -0.39 is 0 Å². The third kappa shape index (κ3) is 3.36. The maximum Gasteiger partial charge on any atom is 0.289 e. The lowest BCUT2D eigenvalue weighted by Gasteiger charge is -2.30. The number of carbonyl (C=O) groups is 1. The Bertz CT molecular complexity index is 1470. The van der Waals surface area contributed by atoms with Crippen LogP contribution in [0.3, 0.4) is 0 Å². The Morgan fingerprint density at radius 2 is 1.70 bits per heavy atom. The predicted molar refractivity (Wildman–Crippen MR) is 124 cm³/mol. The lowest BCUT2D eigenvalue weighted by atomic mass is 9.96. The summed E-state index contributed by atoms with van der Waals surface area (Å²) < 4.78 is 11.9. The first-order valence-electron chi connectivity index (χ1n) is 11.1. The van der Waals surface area contributed by atoms with E-state index in [1.54, 1.807) is 6.20 Å². The van der Waals surface area contributed by atoms with Crippen molar-refractivity contribution in [2.45, 2.75) is 25.7 Å². The van der Waals surface area contributed by atoms with E-state index in [0.717, 1.165) is 40.1 Å². The van der Waals surface area contributed by atoms with Crippen molar-refractivity contribution in [3.05, 3.63) is 78.0 Å². The van der Waals surface area contributed by atoms with Gasteiger partial charge in [0, 0.05) is 41.5 Å². The van der Waals surface area contributed by atoms with Crippen molar-refractivity contribution in [1.82, 2.24) is 20.1 Å². The molecule has 6 rings (SSSR count). The maximum absolute atomic E-state index is 13.1. The number of likely N-dealkylation sites (tertiary alicyclic amines) is 1. The van der Waals surface area contributed by atoms with E-state index >= 15 is 0 Å². The summed E-state index contributed by atoms with van der Waals surface area (Å²) in [5.41, 5.74) is 2.33. The summed E-state index contributed by atoms with van der Waals surface area (Å²) in [6.07, 6.45) is 3.27. The minimum atomic E-state index is -0.0617. The lowest BCUT2D eigenvalue weighted by molar-refractivity contribution is 0.0675. The van der Waals surface area contributed by atoms with Crippen LogP contribution in [-0.2, 0) is 0 Å². The summed E-state index contributed by atoms with van der Waals surface area (Å²) >= 11 is 0. The van der Waals surface area contributed by atoms with E-state index in [1.807, 2.05) is 66.4 Å². The monoisotopic (exact) mass is 438 g/mol. The van der Waals surface area contributed by atoms with Gasteiger partial charge in [-0.15, -0.1) is 10.2 Å². The van der Waals surface area contributed by atoms with Gasteiger partial charge in [-0.05, 0) is 37.3 Å². The maximum atomic E-state index is 13.1.